The zero-order valence-corrected chi connectivity index (χ0v) is 8.16. The van der Waals surface area contributed by atoms with Crippen LogP contribution in [0.3, 0.4) is 0 Å². The Morgan fingerprint density at radius 1 is 1.33 bits per heavy atom. The van der Waals surface area contributed by atoms with Crippen molar-refractivity contribution in [2.75, 3.05) is 6.61 Å². The van der Waals surface area contributed by atoms with Crippen molar-refractivity contribution in [3.63, 3.8) is 0 Å². The number of hydrogen-bond donors (Lipinski definition) is 4. The fourth-order valence-electron chi connectivity index (χ4n) is 0.732. The van der Waals surface area contributed by atoms with Gasteiger partial charge in [-0.3, -0.25) is 0 Å². The quantitative estimate of drug-likeness (QED) is 0.387. The maximum Gasteiger partial charge on any atom is 0.344 e. The van der Waals surface area contributed by atoms with Crippen molar-refractivity contribution in [2.45, 2.75) is 31.7 Å². The van der Waals surface area contributed by atoms with Gasteiger partial charge in [-0.05, 0) is 6.92 Å². The summed E-state index contributed by atoms with van der Waals surface area (Å²) in [6.45, 7) is 0.536. The van der Waals surface area contributed by atoms with Crippen LogP contribution < -0.4 is 0 Å². The lowest BCUT2D eigenvalue weighted by atomic mass is 10.1. The third-order valence-corrected chi connectivity index (χ3v) is 1.62. The van der Waals surface area contributed by atoms with E-state index in [9.17, 15) is 9.59 Å². The Bertz CT molecular complexity index is 227. The second-order valence-electron chi connectivity index (χ2n) is 3.01. The molecule has 7 heteroatoms. The summed E-state index contributed by atoms with van der Waals surface area (Å²) >= 11 is 0. The number of ether oxygens (including phenoxy) is 1. The van der Waals surface area contributed by atoms with Crippen LogP contribution in [0.25, 0.3) is 0 Å². The van der Waals surface area contributed by atoms with Crippen molar-refractivity contribution in [3.8, 4) is 0 Å². The molecule has 0 bridgehead atoms. The average Bonchev–Trinajstić information content (AvgIpc) is 2.16. The van der Waals surface area contributed by atoms with Gasteiger partial charge in [-0.15, -0.1) is 0 Å². The van der Waals surface area contributed by atoms with Crippen molar-refractivity contribution in [1.29, 1.82) is 0 Å². The van der Waals surface area contributed by atoms with Crippen molar-refractivity contribution in [1.82, 2.24) is 0 Å². The van der Waals surface area contributed by atoms with Crippen molar-refractivity contribution in [3.05, 3.63) is 0 Å². The molecule has 15 heavy (non-hydrogen) atoms. The van der Waals surface area contributed by atoms with E-state index >= 15 is 0 Å². The van der Waals surface area contributed by atoms with E-state index in [0.717, 1.165) is 6.92 Å². The number of carbonyl (C=O) groups is 2. The predicted molar refractivity (Wildman–Crippen MR) is 46.9 cm³/mol. The summed E-state index contributed by atoms with van der Waals surface area (Å²) in [6.07, 6.45) is -4.65. The number of carboxylic acid groups (broad SMARTS) is 1. The summed E-state index contributed by atoms with van der Waals surface area (Å²) in [7, 11) is 0. The number of aliphatic carboxylic acids is 1. The highest BCUT2D eigenvalue weighted by atomic mass is 16.6. The monoisotopic (exact) mass is 222 g/mol. The second kappa shape index (κ2) is 6.33. The molecule has 0 heterocycles. The highest BCUT2D eigenvalue weighted by Gasteiger charge is 2.24. The Hall–Kier alpha value is -1.18. The van der Waals surface area contributed by atoms with Crippen LogP contribution in [0, 0.1) is 0 Å². The molecule has 88 valence electrons. The van der Waals surface area contributed by atoms with Crippen LogP contribution in [0.4, 0.5) is 0 Å². The van der Waals surface area contributed by atoms with Gasteiger partial charge in [0.25, 0.3) is 0 Å². The summed E-state index contributed by atoms with van der Waals surface area (Å²) in [5, 5.41) is 34.8. The molecule has 7 nitrogen and oxygen atoms in total. The largest absolute Gasteiger partial charge is 0.479 e. The number of esters is 1. The van der Waals surface area contributed by atoms with Gasteiger partial charge in [0, 0.05) is 6.42 Å². The Kier molecular flexibility index (Phi) is 5.83. The Morgan fingerprint density at radius 3 is 2.27 bits per heavy atom. The third kappa shape index (κ3) is 5.31. The van der Waals surface area contributed by atoms with Gasteiger partial charge in [0.05, 0.1) is 12.7 Å². The molecule has 3 atom stereocenters. The summed E-state index contributed by atoms with van der Waals surface area (Å²) in [5.41, 5.74) is 0. The van der Waals surface area contributed by atoms with Gasteiger partial charge in [0.1, 0.15) is 0 Å². The van der Waals surface area contributed by atoms with Crippen LogP contribution in [0.5, 0.6) is 0 Å². The van der Waals surface area contributed by atoms with Crippen molar-refractivity contribution >= 4 is 11.9 Å². The number of carbonyl (C=O) groups excluding carboxylic acids is 1. The Balaban J connectivity index is 4.04. The molecule has 0 aromatic heterocycles. The van der Waals surface area contributed by atoms with E-state index < -0.39 is 43.3 Å². The maximum absolute atomic E-state index is 11.0. The highest BCUT2D eigenvalue weighted by molar-refractivity contribution is 5.79. The van der Waals surface area contributed by atoms with E-state index in [1.165, 1.54) is 0 Å². The van der Waals surface area contributed by atoms with Crippen LogP contribution in [0.1, 0.15) is 13.3 Å². The van der Waals surface area contributed by atoms with E-state index in [-0.39, 0.29) is 0 Å². The molecule has 0 saturated carbocycles. The number of carboxylic acids is 1. The molecule has 1 unspecified atom stereocenters. The van der Waals surface area contributed by atoms with Crippen LogP contribution in [-0.4, -0.2) is 57.3 Å². The van der Waals surface area contributed by atoms with E-state index in [1.54, 1.807) is 0 Å². The minimum atomic E-state index is -1.64. The first-order chi connectivity index (χ1) is 6.88. The maximum atomic E-state index is 11.0. The molecule has 0 amide bonds. The Morgan fingerprint density at radius 2 is 1.87 bits per heavy atom. The van der Waals surface area contributed by atoms with Crippen LogP contribution >= 0.6 is 0 Å². The van der Waals surface area contributed by atoms with E-state index in [0.29, 0.717) is 0 Å². The molecule has 0 saturated heterocycles. The topological polar surface area (TPSA) is 124 Å². The molecule has 0 radical (unpaired) electrons. The van der Waals surface area contributed by atoms with Gasteiger partial charge in [-0.1, -0.05) is 0 Å². The van der Waals surface area contributed by atoms with Gasteiger partial charge in [-0.2, -0.15) is 0 Å². The zero-order chi connectivity index (χ0) is 12.0. The second-order valence-corrected chi connectivity index (χ2v) is 3.01. The van der Waals surface area contributed by atoms with Gasteiger partial charge >= 0.3 is 11.9 Å². The van der Waals surface area contributed by atoms with E-state index in [2.05, 4.69) is 4.74 Å². The predicted octanol–water partition coefficient (Wildman–Crippen LogP) is -1.89. The lowest BCUT2D eigenvalue weighted by Crippen LogP contribution is -2.33. The summed E-state index contributed by atoms with van der Waals surface area (Å²) < 4.78 is 4.34. The molecule has 0 aliphatic rings. The van der Waals surface area contributed by atoms with Gasteiger partial charge in [-0.25, -0.2) is 9.59 Å². The molecule has 0 aromatic rings. The fourth-order valence-corrected chi connectivity index (χ4v) is 0.732. The summed E-state index contributed by atoms with van der Waals surface area (Å²) in [6, 6.07) is 0. The lowest BCUT2D eigenvalue weighted by molar-refractivity contribution is -0.170. The number of rotatable bonds is 6. The SMILES string of the molecule is CC(OC(=O)[C@H](O)C[C@H](O)CO)C(=O)O. The van der Waals surface area contributed by atoms with Crippen molar-refractivity contribution < 1.29 is 34.8 Å². The first-order valence-electron chi connectivity index (χ1n) is 4.28. The average molecular weight is 222 g/mol. The number of aliphatic hydroxyl groups excluding tert-OH is 3. The molecular formula is C8H14O7. The smallest absolute Gasteiger partial charge is 0.344 e. The minimum Gasteiger partial charge on any atom is -0.479 e. The van der Waals surface area contributed by atoms with Crippen LogP contribution in [0.2, 0.25) is 0 Å². The number of hydrogen-bond acceptors (Lipinski definition) is 6. The lowest BCUT2D eigenvalue weighted by Gasteiger charge is -2.14. The summed E-state index contributed by atoms with van der Waals surface area (Å²) in [4.78, 5) is 21.3. The van der Waals surface area contributed by atoms with Gasteiger partial charge < -0.3 is 25.2 Å². The minimum absolute atomic E-state index is 0.401. The highest BCUT2D eigenvalue weighted by Crippen LogP contribution is 2.02. The normalized spacial score (nSPS) is 16.5. The van der Waals surface area contributed by atoms with Gasteiger partial charge in [0.2, 0.25) is 0 Å². The molecule has 0 fully saturated rings. The molecule has 0 aliphatic heterocycles. The van der Waals surface area contributed by atoms with Gasteiger partial charge in [0.15, 0.2) is 12.2 Å². The van der Waals surface area contributed by atoms with Crippen LogP contribution in [-0.2, 0) is 14.3 Å². The third-order valence-electron chi connectivity index (χ3n) is 1.62. The summed E-state index contributed by atoms with van der Waals surface area (Å²) in [5.74, 6) is -2.48. The Labute approximate surface area is 85.9 Å². The van der Waals surface area contributed by atoms with Crippen LogP contribution in [0.15, 0.2) is 0 Å². The molecule has 4 N–H and O–H groups in total. The molecule has 0 aromatic carbocycles. The fraction of sp³-hybridized carbons (Fsp3) is 0.750. The molecule has 0 aliphatic carbocycles. The molecular weight excluding hydrogens is 208 g/mol. The molecule has 0 rings (SSSR count). The first kappa shape index (κ1) is 13.8. The standard InChI is InChI=1S/C8H14O7/c1-4(7(12)13)15-8(14)6(11)2-5(10)3-9/h4-6,9-11H,2-3H2,1H3,(H,12,13)/t4?,5-,6+/m0/s1. The van der Waals surface area contributed by atoms with E-state index in [4.69, 9.17) is 20.4 Å². The van der Waals surface area contributed by atoms with Crippen molar-refractivity contribution in [2.24, 2.45) is 0 Å². The van der Waals surface area contributed by atoms with E-state index in [1.807, 2.05) is 0 Å². The molecule has 0 spiro atoms. The first-order valence-corrected chi connectivity index (χ1v) is 4.28. The number of aliphatic hydroxyl groups is 3. The zero-order valence-electron chi connectivity index (χ0n) is 8.16.